The van der Waals surface area contributed by atoms with Crippen LogP contribution in [0.4, 0.5) is 11.4 Å². The smallest absolute Gasteiger partial charge is 0.343 e. The highest BCUT2D eigenvalue weighted by Gasteiger charge is 2.12. The third-order valence-corrected chi connectivity index (χ3v) is 5.39. The van der Waals surface area contributed by atoms with Crippen molar-refractivity contribution in [3.05, 3.63) is 102 Å². The summed E-state index contributed by atoms with van der Waals surface area (Å²) >= 11 is 0. The molecule has 0 saturated heterocycles. The molecule has 38 heavy (non-hydrogen) atoms. The summed E-state index contributed by atoms with van der Waals surface area (Å²) in [4.78, 5) is 25.0. The molecule has 190 valence electrons. The lowest BCUT2D eigenvalue weighted by Crippen LogP contribution is -2.35. The van der Waals surface area contributed by atoms with Crippen LogP contribution in [-0.2, 0) is 0 Å². The summed E-state index contributed by atoms with van der Waals surface area (Å²) in [5, 5.41) is 32.3. The first-order valence-corrected chi connectivity index (χ1v) is 11.3. The molecule has 0 unspecified atom stereocenters. The van der Waals surface area contributed by atoms with Crippen molar-refractivity contribution in [1.29, 1.82) is 16.2 Å². The highest BCUT2D eigenvalue weighted by atomic mass is 16.5. The van der Waals surface area contributed by atoms with Crippen LogP contribution in [0.25, 0.3) is 10.8 Å². The van der Waals surface area contributed by atoms with Gasteiger partial charge in [0, 0.05) is 22.5 Å². The fraction of sp³-hybridized carbons (Fsp3) is 0. The Morgan fingerprint density at radius 2 is 1.21 bits per heavy atom. The number of rotatable bonds is 6. The average Bonchev–Trinajstić information content (AvgIpc) is 2.88. The molecule has 0 aliphatic carbocycles. The van der Waals surface area contributed by atoms with E-state index in [9.17, 15) is 9.59 Å². The first-order chi connectivity index (χ1) is 18.2. The normalized spacial score (nSPS) is 10.3. The first-order valence-electron chi connectivity index (χ1n) is 11.3. The van der Waals surface area contributed by atoms with Gasteiger partial charge in [-0.05, 0) is 77.5 Å². The molecule has 0 saturated carbocycles. The van der Waals surface area contributed by atoms with Crippen molar-refractivity contribution in [2.75, 3.05) is 10.6 Å². The number of nitrogens with one attached hydrogen (secondary N) is 6. The van der Waals surface area contributed by atoms with Gasteiger partial charge in [0.1, 0.15) is 11.6 Å². The highest BCUT2D eigenvalue weighted by Crippen LogP contribution is 2.23. The SMILES string of the molecule is N=C(N)Nc1ccc(C(=O)NC(=N)Nc2ccc(C(=O)Oc3ccc4cc(C(=N)N)ccc4c3)cc2)cc1. The van der Waals surface area contributed by atoms with Gasteiger partial charge in [-0.3, -0.25) is 26.3 Å². The molecule has 11 heteroatoms. The number of hydrogen-bond donors (Lipinski definition) is 8. The number of esters is 1. The molecular weight excluding hydrogens is 484 g/mol. The van der Waals surface area contributed by atoms with Crippen LogP contribution in [0, 0.1) is 16.2 Å². The number of hydrogen-bond acceptors (Lipinski definition) is 6. The molecule has 10 N–H and O–H groups in total. The van der Waals surface area contributed by atoms with Crippen molar-refractivity contribution in [2.24, 2.45) is 11.5 Å². The van der Waals surface area contributed by atoms with Crippen LogP contribution in [0.1, 0.15) is 26.3 Å². The molecule has 0 atom stereocenters. The van der Waals surface area contributed by atoms with Crippen LogP contribution >= 0.6 is 0 Å². The van der Waals surface area contributed by atoms with Gasteiger partial charge in [-0.25, -0.2) is 4.79 Å². The van der Waals surface area contributed by atoms with Crippen molar-refractivity contribution < 1.29 is 14.3 Å². The predicted octanol–water partition coefficient (Wildman–Crippen LogP) is 3.43. The van der Waals surface area contributed by atoms with E-state index < -0.39 is 11.9 Å². The number of anilines is 2. The minimum atomic E-state index is -0.553. The molecule has 0 spiro atoms. The fourth-order valence-electron chi connectivity index (χ4n) is 3.53. The van der Waals surface area contributed by atoms with E-state index in [0.29, 0.717) is 33.8 Å². The number of nitrogen functional groups attached to an aromatic ring is 1. The van der Waals surface area contributed by atoms with Crippen LogP contribution in [-0.4, -0.2) is 29.6 Å². The lowest BCUT2D eigenvalue weighted by atomic mass is 10.1. The topological polar surface area (TPSA) is 203 Å². The van der Waals surface area contributed by atoms with Gasteiger partial charge in [0.05, 0.1) is 5.56 Å². The summed E-state index contributed by atoms with van der Waals surface area (Å²) in [6.07, 6.45) is 0. The summed E-state index contributed by atoms with van der Waals surface area (Å²) in [7, 11) is 0. The summed E-state index contributed by atoms with van der Waals surface area (Å²) in [6, 6.07) is 23.0. The van der Waals surface area contributed by atoms with Crippen molar-refractivity contribution >= 4 is 51.8 Å². The van der Waals surface area contributed by atoms with E-state index in [1.54, 1.807) is 72.8 Å². The van der Waals surface area contributed by atoms with Gasteiger partial charge in [-0.15, -0.1) is 0 Å². The van der Waals surface area contributed by atoms with Crippen molar-refractivity contribution in [3.8, 4) is 5.75 Å². The largest absolute Gasteiger partial charge is 0.423 e. The Morgan fingerprint density at radius 3 is 1.84 bits per heavy atom. The number of ether oxygens (including phenoxy) is 1. The van der Waals surface area contributed by atoms with Gasteiger partial charge in [0.25, 0.3) is 5.91 Å². The summed E-state index contributed by atoms with van der Waals surface area (Å²) in [5.74, 6) is -1.17. The summed E-state index contributed by atoms with van der Waals surface area (Å²) in [5.41, 5.74) is 13.1. The number of carbonyl (C=O) groups excluding carboxylic acids is 2. The molecule has 0 heterocycles. The number of fused-ring (bicyclic) bond motifs is 1. The Hall–Kier alpha value is -5.71. The summed E-state index contributed by atoms with van der Waals surface area (Å²) in [6.45, 7) is 0. The molecule has 0 radical (unpaired) electrons. The molecular formula is C27H24N8O3. The van der Waals surface area contributed by atoms with Gasteiger partial charge in [-0.1, -0.05) is 18.2 Å². The lowest BCUT2D eigenvalue weighted by molar-refractivity contribution is 0.0734. The van der Waals surface area contributed by atoms with Gasteiger partial charge in [-0.2, -0.15) is 0 Å². The Kier molecular flexibility index (Phi) is 7.29. The number of guanidine groups is 2. The Morgan fingerprint density at radius 1 is 0.658 bits per heavy atom. The fourth-order valence-corrected chi connectivity index (χ4v) is 3.53. The molecule has 0 aromatic heterocycles. The second kappa shape index (κ2) is 10.9. The van der Waals surface area contributed by atoms with Gasteiger partial charge in [0.2, 0.25) is 0 Å². The maximum Gasteiger partial charge on any atom is 0.343 e. The predicted molar refractivity (Wildman–Crippen MR) is 147 cm³/mol. The monoisotopic (exact) mass is 508 g/mol. The van der Waals surface area contributed by atoms with E-state index in [-0.39, 0.29) is 17.8 Å². The van der Waals surface area contributed by atoms with Crippen LogP contribution < -0.4 is 32.2 Å². The van der Waals surface area contributed by atoms with E-state index >= 15 is 0 Å². The molecule has 4 aromatic carbocycles. The van der Waals surface area contributed by atoms with E-state index in [1.807, 2.05) is 0 Å². The highest BCUT2D eigenvalue weighted by molar-refractivity contribution is 6.09. The van der Waals surface area contributed by atoms with Gasteiger partial charge in [0.15, 0.2) is 11.9 Å². The molecule has 0 bridgehead atoms. The van der Waals surface area contributed by atoms with Gasteiger partial charge < -0.3 is 26.8 Å². The minimum absolute atomic E-state index is 0.0209. The molecule has 1 amide bonds. The zero-order chi connectivity index (χ0) is 27.2. The second-order valence-corrected chi connectivity index (χ2v) is 8.17. The number of amides is 1. The first kappa shape index (κ1) is 25.4. The van der Waals surface area contributed by atoms with E-state index in [2.05, 4.69) is 16.0 Å². The zero-order valence-electron chi connectivity index (χ0n) is 20.0. The van der Waals surface area contributed by atoms with E-state index in [1.165, 1.54) is 12.1 Å². The Balaban J connectivity index is 1.33. The molecule has 4 rings (SSSR count). The van der Waals surface area contributed by atoms with Crippen molar-refractivity contribution in [3.63, 3.8) is 0 Å². The average molecular weight is 509 g/mol. The minimum Gasteiger partial charge on any atom is -0.423 e. The van der Waals surface area contributed by atoms with Crippen LogP contribution in [0.3, 0.4) is 0 Å². The van der Waals surface area contributed by atoms with Crippen LogP contribution in [0.2, 0.25) is 0 Å². The maximum atomic E-state index is 12.6. The van der Waals surface area contributed by atoms with E-state index in [4.69, 9.17) is 32.4 Å². The zero-order valence-corrected chi connectivity index (χ0v) is 20.0. The number of benzene rings is 4. The number of nitrogens with two attached hydrogens (primary N) is 2. The quantitative estimate of drug-likeness (QED) is 0.0842. The molecule has 0 aliphatic rings. The molecule has 4 aromatic rings. The molecule has 0 aliphatic heterocycles. The second-order valence-electron chi connectivity index (χ2n) is 8.17. The molecule has 11 nitrogen and oxygen atoms in total. The van der Waals surface area contributed by atoms with Crippen LogP contribution in [0.15, 0.2) is 84.9 Å². The van der Waals surface area contributed by atoms with E-state index in [0.717, 1.165) is 10.8 Å². The molecule has 0 fully saturated rings. The maximum absolute atomic E-state index is 12.6. The third-order valence-electron chi connectivity index (χ3n) is 5.39. The van der Waals surface area contributed by atoms with Gasteiger partial charge >= 0.3 is 5.97 Å². The Bertz CT molecular complexity index is 1560. The third kappa shape index (κ3) is 6.29. The standard InChI is InChI=1S/C27H24N8O3/c28-23(29)19-2-1-18-14-22(12-7-17(18)13-19)38-25(37)16-5-10-21(11-6-16)34-27(32)35-24(36)15-3-8-20(9-4-15)33-26(30)31/h1-14H,(H3,28,29)(H4,30,31,33)(H3,32,34,35,36). The number of amidine groups is 1. The Labute approximate surface area is 217 Å². The van der Waals surface area contributed by atoms with Crippen molar-refractivity contribution in [1.82, 2.24) is 5.32 Å². The number of carbonyl (C=O) groups is 2. The lowest BCUT2D eigenvalue weighted by Gasteiger charge is -2.11. The van der Waals surface area contributed by atoms with Crippen molar-refractivity contribution in [2.45, 2.75) is 0 Å². The summed E-state index contributed by atoms with van der Waals surface area (Å²) < 4.78 is 5.49. The van der Waals surface area contributed by atoms with Crippen LogP contribution in [0.5, 0.6) is 5.75 Å².